The van der Waals surface area contributed by atoms with Crippen LogP contribution >= 0.6 is 0 Å². The predicted molar refractivity (Wildman–Crippen MR) is 92.5 cm³/mol. The number of hydrogen-bond acceptors (Lipinski definition) is 2. The molecular formula is C20H22O3. The number of rotatable bonds is 8. The van der Waals surface area contributed by atoms with Crippen LogP contribution in [0.15, 0.2) is 60.9 Å². The molecule has 120 valence electrons. The lowest BCUT2D eigenvalue weighted by atomic mass is 9.98. The van der Waals surface area contributed by atoms with Crippen LogP contribution < -0.4 is 0 Å². The minimum atomic E-state index is -0.775. The van der Waals surface area contributed by atoms with E-state index in [0.29, 0.717) is 12.8 Å². The van der Waals surface area contributed by atoms with E-state index < -0.39 is 5.97 Å². The number of aliphatic hydroxyl groups excluding tert-OH is 1. The van der Waals surface area contributed by atoms with Gasteiger partial charge in [-0.1, -0.05) is 55.1 Å². The minimum absolute atomic E-state index is 0.147. The second kappa shape index (κ2) is 8.18. The van der Waals surface area contributed by atoms with Gasteiger partial charge in [0.1, 0.15) is 0 Å². The van der Waals surface area contributed by atoms with Crippen molar-refractivity contribution in [1.29, 1.82) is 0 Å². The van der Waals surface area contributed by atoms with Gasteiger partial charge in [0.05, 0.1) is 5.76 Å². The summed E-state index contributed by atoms with van der Waals surface area (Å²) in [5.74, 6) is -0.546. The molecule has 0 atom stereocenters. The van der Waals surface area contributed by atoms with Crippen LogP contribution in [0.2, 0.25) is 0 Å². The van der Waals surface area contributed by atoms with E-state index in [0.717, 1.165) is 29.5 Å². The fraction of sp³-hybridized carbons (Fsp3) is 0.250. The first-order valence-corrected chi connectivity index (χ1v) is 7.81. The summed E-state index contributed by atoms with van der Waals surface area (Å²) in [4.78, 5) is 10.7. The van der Waals surface area contributed by atoms with Gasteiger partial charge in [-0.15, -0.1) is 0 Å². The minimum Gasteiger partial charge on any atom is -0.513 e. The molecule has 2 rings (SSSR count). The van der Waals surface area contributed by atoms with Crippen molar-refractivity contribution >= 4 is 5.97 Å². The van der Waals surface area contributed by atoms with Gasteiger partial charge in [0, 0.05) is 12.8 Å². The normalized spacial score (nSPS) is 10.4. The smallest absolute Gasteiger partial charge is 0.303 e. The zero-order valence-corrected chi connectivity index (χ0v) is 13.2. The number of carboxylic acids is 1. The monoisotopic (exact) mass is 310 g/mol. The zero-order valence-electron chi connectivity index (χ0n) is 13.2. The Morgan fingerprint density at radius 3 is 1.96 bits per heavy atom. The second-order valence-electron chi connectivity index (χ2n) is 5.71. The molecule has 2 aromatic rings. The van der Waals surface area contributed by atoms with Crippen molar-refractivity contribution in [2.75, 3.05) is 0 Å². The lowest BCUT2D eigenvalue weighted by Gasteiger charge is -2.08. The standard InChI is InChI=1S/C20H22O3/c1-15(21)5-2-6-16-7-3-9-18(13-16)19-10-4-8-17(14-19)11-12-20(22)23/h3-4,7-10,13-14,21H,1-2,5-6,11-12H2,(H,22,23). The van der Waals surface area contributed by atoms with Crippen molar-refractivity contribution in [3.63, 3.8) is 0 Å². The summed E-state index contributed by atoms with van der Waals surface area (Å²) in [7, 11) is 0. The Balaban J connectivity index is 2.10. The molecule has 23 heavy (non-hydrogen) atoms. The average Bonchev–Trinajstić information content (AvgIpc) is 2.53. The van der Waals surface area contributed by atoms with Gasteiger partial charge in [0.25, 0.3) is 0 Å². The fourth-order valence-electron chi connectivity index (χ4n) is 2.56. The number of aliphatic hydroxyl groups is 1. The molecule has 0 saturated heterocycles. The molecule has 0 fully saturated rings. The maximum Gasteiger partial charge on any atom is 0.303 e. The summed E-state index contributed by atoms with van der Waals surface area (Å²) >= 11 is 0. The maximum absolute atomic E-state index is 10.7. The molecule has 0 amide bonds. The van der Waals surface area contributed by atoms with E-state index in [9.17, 15) is 4.79 Å². The predicted octanol–water partition coefficient (Wildman–Crippen LogP) is 4.77. The second-order valence-corrected chi connectivity index (χ2v) is 5.71. The molecule has 3 nitrogen and oxygen atoms in total. The highest BCUT2D eigenvalue weighted by molar-refractivity contribution is 5.68. The molecule has 0 radical (unpaired) electrons. The van der Waals surface area contributed by atoms with E-state index in [1.54, 1.807) is 0 Å². The molecule has 0 bridgehead atoms. The number of aryl methyl sites for hydroxylation is 2. The van der Waals surface area contributed by atoms with Gasteiger partial charge in [0.15, 0.2) is 0 Å². The lowest BCUT2D eigenvalue weighted by Crippen LogP contribution is -1.97. The van der Waals surface area contributed by atoms with Gasteiger partial charge in [-0.25, -0.2) is 0 Å². The van der Waals surface area contributed by atoms with Gasteiger partial charge in [0.2, 0.25) is 0 Å². The molecule has 0 spiro atoms. The number of allylic oxidation sites excluding steroid dienone is 1. The molecule has 2 N–H and O–H groups in total. The Kier molecular flexibility index (Phi) is 5.98. The van der Waals surface area contributed by atoms with Crippen LogP contribution in [0.1, 0.15) is 30.4 Å². The number of benzene rings is 2. The Morgan fingerprint density at radius 1 is 0.870 bits per heavy atom. The molecule has 0 heterocycles. The van der Waals surface area contributed by atoms with Crippen LogP contribution in [-0.4, -0.2) is 16.2 Å². The molecular weight excluding hydrogens is 288 g/mol. The van der Waals surface area contributed by atoms with Crippen LogP contribution in [0.4, 0.5) is 0 Å². The average molecular weight is 310 g/mol. The first-order chi connectivity index (χ1) is 11.0. The van der Waals surface area contributed by atoms with Gasteiger partial charge < -0.3 is 10.2 Å². The highest BCUT2D eigenvalue weighted by Gasteiger charge is 2.03. The number of aliphatic carboxylic acids is 1. The summed E-state index contributed by atoms with van der Waals surface area (Å²) in [5, 5.41) is 17.9. The third kappa shape index (κ3) is 5.62. The van der Waals surface area contributed by atoms with Crippen molar-refractivity contribution in [2.45, 2.75) is 32.1 Å². The number of carboxylic acid groups (broad SMARTS) is 1. The van der Waals surface area contributed by atoms with Crippen molar-refractivity contribution < 1.29 is 15.0 Å². The van der Waals surface area contributed by atoms with E-state index in [-0.39, 0.29) is 12.2 Å². The van der Waals surface area contributed by atoms with Crippen LogP contribution in [-0.2, 0) is 17.6 Å². The van der Waals surface area contributed by atoms with Gasteiger partial charge >= 0.3 is 5.97 Å². The molecule has 0 aromatic heterocycles. The Morgan fingerprint density at radius 2 is 1.43 bits per heavy atom. The van der Waals surface area contributed by atoms with Gasteiger partial charge in [-0.3, -0.25) is 4.79 Å². The molecule has 0 aliphatic carbocycles. The third-order valence-electron chi connectivity index (χ3n) is 3.75. The SMILES string of the molecule is C=C(O)CCCc1cccc(-c2cccc(CCC(=O)O)c2)c1. The molecule has 0 aliphatic rings. The van der Waals surface area contributed by atoms with E-state index in [1.165, 1.54) is 5.56 Å². The quantitative estimate of drug-likeness (QED) is 0.691. The number of carbonyl (C=O) groups is 1. The van der Waals surface area contributed by atoms with Crippen molar-refractivity contribution in [2.24, 2.45) is 0 Å². The van der Waals surface area contributed by atoms with Crippen LogP contribution in [0.25, 0.3) is 11.1 Å². The number of hydrogen-bond donors (Lipinski definition) is 2. The first kappa shape index (κ1) is 16.8. The van der Waals surface area contributed by atoms with Crippen molar-refractivity contribution in [3.8, 4) is 11.1 Å². The van der Waals surface area contributed by atoms with Crippen molar-refractivity contribution in [3.05, 3.63) is 72.0 Å². The zero-order chi connectivity index (χ0) is 16.7. The molecule has 3 heteroatoms. The van der Waals surface area contributed by atoms with E-state index in [2.05, 4.69) is 30.8 Å². The Hall–Kier alpha value is -2.55. The van der Waals surface area contributed by atoms with Gasteiger partial charge in [-0.2, -0.15) is 0 Å². The lowest BCUT2D eigenvalue weighted by molar-refractivity contribution is -0.136. The van der Waals surface area contributed by atoms with Crippen LogP contribution in [0, 0.1) is 0 Å². The highest BCUT2D eigenvalue weighted by atomic mass is 16.4. The summed E-state index contributed by atoms with van der Waals surface area (Å²) in [6.07, 6.45) is 3.08. The van der Waals surface area contributed by atoms with Gasteiger partial charge in [-0.05, 0) is 41.5 Å². The molecule has 0 saturated carbocycles. The highest BCUT2D eigenvalue weighted by Crippen LogP contribution is 2.23. The fourth-order valence-corrected chi connectivity index (χ4v) is 2.56. The summed E-state index contributed by atoms with van der Waals surface area (Å²) in [6, 6.07) is 16.3. The third-order valence-corrected chi connectivity index (χ3v) is 3.75. The summed E-state index contributed by atoms with van der Waals surface area (Å²) < 4.78 is 0. The maximum atomic E-state index is 10.7. The summed E-state index contributed by atoms with van der Waals surface area (Å²) in [6.45, 7) is 3.50. The van der Waals surface area contributed by atoms with E-state index >= 15 is 0 Å². The first-order valence-electron chi connectivity index (χ1n) is 7.81. The van der Waals surface area contributed by atoms with Crippen LogP contribution in [0.5, 0.6) is 0 Å². The molecule has 0 aliphatic heterocycles. The molecule has 0 unspecified atom stereocenters. The largest absolute Gasteiger partial charge is 0.513 e. The van der Waals surface area contributed by atoms with Crippen molar-refractivity contribution in [1.82, 2.24) is 0 Å². The Bertz CT molecular complexity index is 689. The van der Waals surface area contributed by atoms with E-state index in [1.807, 2.05) is 24.3 Å². The molecule has 2 aromatic carbocycles. The Labute approximate surface area is 136 Å². The van der Waals surface area contributed by atoms with E-state index in [4.69, 9.17) is 10.2 Å². The summed E-state index contributed by atoms with van der Waals surface area (Å²) in [5.41, 5.74) is 4.48. The topological polar surface area (TPSA) is 57.5 Å². The van der Waals surface area contributed by atoms with Crippen LogP contribution in [0.3, 0.4) is 0 Å².